The van der Waals surface area contributed by atoms with Gasteiger partial charge in [0.25, 0.3) is 5.91 Å². The number of benzene rings is 2. The summed E-state index contributed by atoms with van der Waals surface area (Å²) < 4.78 is 5.51. The lowest BCUT2D eigenvalue weighted by atomic mass is 9.81. The van der Waals surface area contributed by atoms with Gasteiger partial charge in [-0.3, -0.25) is 14.4 Å². The zero-order chi connectivity index (χ0) is 25.5. The van der Waals surface area contributed by atoms with Crippen molar-refractivity contribution in [3.05, 3.63) is 65.7 Å². The van der Waals surface area contributed by atoms with Gasteiger partial charge in [0.1, 0.15) is 18.7 Å². The number of carbonyl (C=O) groups is 3. The van der Waals surface area contributed by atoms with Crippen molar-refractivity contribution in [1.82, 2.24) is 10.6 Å². The number of amides is 2. The minimum absolute atomic E-state index is 0.0131. The van der Waals surface area contributed by atoms with Crippen LogP contribution >= 0.6 is 0 Å². The smallest absolute Gasteiger partial charge is 0.251 e. The highest BCUT2D eigenvalue weighted by atomic mass is 16.5. The fourth-order valence-electron chi connectivity index (χ4n) is 5.28. The Morgan fingerprint density at radius 2 is 1.75 bits per heavy atom. The summed E-state index contributed by atoms with van der Waals surface area (Å²) in [4.78, 5) is 38.8. The Morgan fingerprint density at radius 1 is 1.06 bits per heavy atom. The monoisotopic (exact) mass is 491 g/mol. The summed E-state index contributed by atoms with van der Waals surface area (Å²) in [6.07, 6.45) is 5.16. The second-order valence-corrected chi connectivity index (χ2v) is 10.4. The Hall–Kier alpha value is -3.19. The van der Waals surface area contributed by atoms with Crippen molar-refractivity contribution in [1.29, 1.82) is 0 Å². The largest absolute Gasteiger partial charge is 0.381 e. The lowest BCUT2D eigenvalue weighted by Crippen LogP contribution is -2.54. The topological polar surface area (TPSA) is 96.5 Å². The van der Waals surface area contributed by atoms with Crippen molar-refractivity contribution >= 4 is 23.3 Å². The number of ketones is 1. The van der Waals surface area contributed by atoms with Gasteiger partial charge < -0.3 is 20.7 Å². The average molecular weight is 492 g/mol. The van der Waals surface area contributed by atoms with E-state index in [1.54, 1.807) is 12.1 Å². The van der Waals surface area contributed by atoms with Gasteiger partial charge in [-0.2, -0.15) is 0 Å². The summed E-state index contributed by atoms with van der Waals surface area (Å²) >= 11 is 0. The van der Waals surface area contributed by atoms with Crippen molar-refractivity contribution in [2.45, 2.75) is 77.1 Å². The quantitative estimate of drug-likeness (QED) is 0.462. The van der Waals surface area contributed by atoms with Crippen LogP contribution in [0.5, 0.6) is 0 Å². The molecule has 192 valence electrons. The third-order valence-electron chi connectivity index (χ3n) is 7.47. The van der Waals surface area contributed by atoms with Gasteiger partial charge in [0.15, 0.2) is 5.78 Å². The fraction of sp³-hybridized carbons (Fsp3) is 0.483. The van der Waals surface area contributed by atoms with Crippen LogP contribution in [0.1, 0.15) is 68.3 Å². The number of hydrogen-bond acceptors (Lipinski definition) is 5. The maximum Gasteiger partial charge on any atom is 0.251 e. The van der Waals surface area contributed by atoms with E-state index in [1.165, 1.54) is 5.56 Å². The van der Waals surface area contributed by atoms with Crippen LogP contribution in [0.25, 0.3) is 0 Å². The average Bonchev–Trinajstić information content (AvgIpc) is 3.48. The molecule has 3 atom stereocenters. The molecule has 2 aromatic rings. The third kappa shape index (κ3) is 6.52. The molecule has 1 saturated carbocycles. The van der Waals surface area contributed by atoms with Crippen molar-refractivity contribution in [3.8, 4) is 0 Å². The van der Waals surface area contributed by atoms with Gasteiger partial charge in [0.05, 0.1) is 6.10 Å². The molecular formula is C29H37N3O4. The highest BCUT2D eigenvalue weighted by molar-refractivity contribution is 5.99. The summed E-state index contributed by atoms with van der Waals surface area (Å²) in [5.41, 5.74) is 2.56. The lowest BCUT2D eigenvalue weighted by molar-refractivity contribution is -0.128. The number of Topliss-reactive ketones (excluding diaryl/α,β-unsaturated/α-hetero) is 1. The van der Waals surface area contributed by atoms with Crippen LogP contribution < -0.4 is 16.0 Å². The molecule has 0 radical (unpaired) electrons. The van der Waals surface area contributed by atoms with Gasteiger partial charge in [-0.05, 0) is 60.9 Å². The number of nitrogens with one attached hydrogen (secondary N) is 3. The Kier molecular flexibility index (Phi) is 8.41. The van der Waals surface area contributed by atoms with E-state index in [4.69, 9.17) is 4.74 Å². The van der Waals surface area contributed by atoms with Crippen LogP contribution in [0.3, 0.4) is 0 Å². The zero-order valence-electron chi connectivity index (χ0n) is 21.2. The Bertz CT molecular complexity index is 1050. The summed E-state index contributed by atoms with van der Waals surface area (Å²) in [6.45, 7) is 4.82. The second-order valence-electron chi connectivity index (χ2n) is 10.4. The SMILES string of the molecule is CC[C@@H]1OCC(=O)[C@H]1NC(=O)[C@H](CC1(C)CCCC1)NC(=O)c1ccc(NCc2ccccc2)cc1. The van der Waals surface area contributed by atoms with E-state index in [0.717, 1.165) is 31.4 Å². The maximum absolute atomic E-state index is 13.3. The zero-order valence-corrected chi connectivity index (χ0v) is 21.2. The van der Waals surface area contributed by atoms with Crippen LogP contribution in [0.15, 0.2) is 54.6 Å². The van der Waals surface area contributed by atoms with E-state index in [0.29, 0.717) is 24.9 Å². The molecule has 7 nitrogen and oxygen atoms in total. The number of carbonyl (C=O) groups excluding carboxylic acids is 3. The first kappa shape index (κ1) is 25.9. The van der Waals surface area contributed by atoms with Crippen molar-refractivity contribution < 1.29 is 19.1 Å². The lowest BCUT2D eigenvalue weighted by Gasteiger charge is -2.30. The number of ether oxygens (including phenoxy) is 1. The molecule has 2 aliphatic rings. The Morgan fingerprint density at radius 3 is 2.42 bits per heavy atom. The highest BCUT2D eigenvalue weighted by Gasteiger charge is 2.39. The summed E-state index contributed by atoms with van der Waals surface area (Å²) in [5, 5.41) is 9.20. The van der Waals surface area contributed by atoms with E-state index >= 15 is 0 Å². The predicted octanol–water partition coefficient (Wildman–Crippen LogP) is 4.23. The van der Waals surface area contributed by atoms with E-state index in [2.05, 4.69) is 35.0 Å². The van der Waals surface area contributed by atoms with E-state index in [1.807, 2.05) is 37.3 Å². The normalized spacial score (nSPS) is 21.7. The maximum atomic E-state index is 13.3. The molecule has 1 aliphatic carbocycles. The predicted molar refractivity (Wildman–Crippen MR) is 140 cm³/mol. The summed E-state index contributed by atoms with van der Waals surface area (Å²) in [6, 6.07) is 16.0. The molecule has 0 aromatic heterocycles. The fourth-order valence-corrected chi connectivity index (χ4v) is 5.28. The van der Waals surface area contributed by atoms with Gasteiger partial charge in [-0.25, -0.2) is 0 Å². The van der Waals surface area contributed by atoms with Gasteiger partial charge in [-0.1, -0.05) is 57.0 Å². The minimum Gasteiger partial charge on any atom is -0.381 e. The van der Waals surface area contributed by atoms with Gasteiger partial charge in [0.2, 0.25) is 5.91 Å². The van der Waals surface area contributed by atoms with Gasteiger partial charge in [0, 0.05) is 17.8 Å². The van der Waals surface area contributed by atoms with Crippen molar-refractivity contribution in [2.24, 2.45) is 5.41 Å². The Labute approximate surface area is 213 Å². The highest BCUT2D eigenvalue weighted by Crippen LogP contribution is 2.41. The molecule has 1 heterocycles. The molecule has 0 bridgehead atoms. The van der Waals surface area contributed by atoms with Crippen LogP contribution in [0.2, 0.25) is 0 Å². The molecule has 2 fully saturated rings. The standard InChI is InChI=1S/C29H37N3O4/c1-3-25-26(24(33)19-36-25)32-28(35)23(17-29(2)15-7-8-16-29)31-27(34)21-11-13-22(14-12-21)30-18-20-9-5-4-6-10-20/h4-6,9-14,23,25-26,30H,3,7-8,15-19H2,1-2H3,(H,31,34)(H,32,35)/t23-,25-,26+/m0/s1. The Balaban J connectivity index is 1.41. The molecule has 7 heteroatoms. The molecule has 1 saturated heterocycles. The van der Waals surface area contributed by atoms with Crippen LogP contribution in [0, 0.1) is 5.41 Å². The number of rotatable bonds is 10. The number of anilines is 1. The molecule has 0 spiro atoms. The third-order valence-corrected chi connectivity index (χ3v) is 7.47. The summed E-state index contributed by atoms with van der Waals surface area (Å²) in [7, 11) is 0. The summed E-state index contributed by atoms with van der Waals surface area (Å²) in [5.74, 6) is -0.738. The van der Waals surface area contributed by atoms with E-state index < -0.39 is 12.1 Å². The van der Waals surface area contributed by atoms with Gasteiger partial charge in [-0.15, -0.1) is 0 Å². The molecule has 2 aromatic carbocycles. The van der Waals surface area contributed by atoms with Crippen LogP contribution in [-0.2, 0) is 20.9 Å². The van der Waals surface area contributed by atoms with E-state index in [9.17, 15) is 14.4 Å². The van der Waals surface area contributed by atoms with Crippen LogP contribution in [0.4, 0.5) is 5.69 Å². The molecule has 36 heavy (non-hydrogen) atoms. The molecule has 2 amide bonds. The first-order chi connectivity index (χ1) is 17.4. The minimum atomic E-state index is -0.720. The molecule has 4 rings (SSSR count). The van der Waals surface area contributed by atoms with Crippen molar-refractivity contribution in [3.63, 3.8) is 0 Å². The van der Waals surface area contributed by atoms with Crippen LogP contribution in [-0.4, -0.2) is 42.4 Å². The second kappa shape index (κ2) is 11.7. The van der Waals surface area contributed by atoms with Gasteiger partial charge >= 0.3 is 0 Å². The number of hydrogen-bond donors (Lipinski definition) is 3. The molecule has 0 unspecified atom stereocenters. The molecule has 3 N–H and O–H groups in total. The van der Waals surface area contributed by atoms with Crippen molar-refractivity contribution in [2.75, 3.05) is 11.9 Å². The van der Waals surface area contributed by atoms with E-state index in [-0.39, 0.29) is 35.7 Å². The first-order valence-electron chi connectivity index (χ1n) is 13.0. The first-order valence-corrected chi connectivity index (χ1v) is 13.0. The molecule has 1 aliphatic heterocycles. The molecular weight excluding hydrogens is 454 g/mol.